The van der Waals surface area contributed by atoms with Crippen LogP contribution in [0, 0.1) is 5.95 Å². The molecule has 1 aliphatic carbocycles. The van der Waals surface area contributed by atoms with E-state index in [9.17, 15) is 18.0 Å². The van der Waals surface area contributed by atoms with Gasteiger partial charge in [-0.15, -0.1) is 0 Å². The van der Waals surface area contributed by atoms with Gasteiger partial charge in [-0.1, -0.05) is 23.2 Å². The summed E-state index contributed by atoms with van der Waals surface area (Å²) < 4.78 is 44.1. The highest BCUT2D eigenvalue weighted by molar-refractivity contribution is 6.31. The molecule has 0 unspecified atom stereocenters. The van der Waals surface area contributed by atoms with E-state index in [1.54, 1.807) is 32.9 Å². The third-order valence-corrected chi connectivity index (χ3v) is 4.42. The van der Waals surface area contributed by atoms with Crippen molar-refractivity contribution in [2.24, 2.45) is 0 Å². The van der Waals surface area contributed by atoms with Crippen LogP contribution in [0.25, 0.3) is 0 Å². The fourth-order valence-corrected chi connectivity index (χ4v) is 3.14. The quantitative estimate of drug-likeness (QED) is 0.454. The molecule has 0 N–H and O–H groups in total. The van der Waals surface area contributed by atoms with Crippen molar-refractivity contribution in [1.82, 2.24) is 9.97 Å². The van der Waals surface area contributed by atoms with Crippen LogP contribution in [0.2, 0.25) is 10.0 Å². The molecule has 1 aliphatic rings. The van der Waals surface area contributed by atoms with Gasteiger partial charge >= 0.3 is 5.97 Å². The fourth-order valence-electron chi connectivity index (χ4n) is 2.72. The molecule has 0 radical (unpaired) electrons. The van der Waals surface area contributed by atoms with Crippen LogP contribution in [0.5, 0.6) is 0 Å². The molecule has 0 atom stereocenters. The lowest BCUT2D eigenvalue weighted by Gasteiger charge is -2.45. The van der Waals surface area contributed by atoms with Crippen LogP contribution in [0.4, 0.5) is 13.2 Å². The van der Waals surface area contributed by atoms with E-state index in [0.717, 1.165) is 0 Å². The Hall–Kier alpha value is -1.86. The number of carbonyl (C=O) groups is 1. The summed E-state index contributed by atoms with van der Waals surface area (Å²) >= 11 is 11.3. The van der Waals surface area contributed by atoms with Crippen molar-refractivity contribution in [1.29, 1.82) is 0 Å². The zero-order valence-electron chi connectivity index (χ0n) is 15.5. The van der Waals surface area contributed by atoms with Crippen molar-refractivity contribution < 1.29 is 22.7 Å². The highest BCUT2D eigenvalue weighted by atomic mass is 35.5. The van der Waals surface area contributed by atoms with E-state index in [-0.39, 0.29) is 15.7 Å². The second kappa shape index (κ2) is 8.25. The maximum Gasteiger partial charge on any atom is 0.319 e. The van der Waals surface area contributed by atoms with E-state index in [1.807, 2.05) is 0 Å². The number of hydrogen-bond donors (Lipinski definition) is 0. The first-order valence-corrected chi connectivity index (χ1v) is 9.10. The Morgan fingerprint density at radius 1 is 1.07 bits per heavy atom. The van der Waals surface area contributed by atoms with Gasteiger partial charge in [0.15, 0.2) is 0 Å². The van der Waals surface area contributed by atoms with Crippen molar-refractivity contribution in [2.45, 2.75) is 50.6 Å². The van der Waals surface area contributed by atoms with E-state index in [1.165, 1.54) is 24.5 Å². The van der Waals surface area contributed by atoms with Crippen LogP contribution in [0.15, 0.2) is 36.7 Å². The minimum absolute atomic E-state index is 0.0625. The number of ether oxygens (including phenoxy) is 1. The Kier molecular flexibility index (Phi) is 6.61. The number of halogens is 5. The molecule has 2 aromatic rings. The van der Waals surface area contributed by atoms with Gasteiger partial charge in [-0.05, 0) is 45.0 Å². The van der Waals surface area contributed by atoms with Gasteiger partial charge < -0.3 is 4.74 Å². The third-order valence-electron chi connectivity index (χ3n) is 3.84. The van der Waals surface area contributed by atoms with E-state index < -0.39 is 41.7 Å². The van der Waals surface area contributed by atoms with Crippen LogP contribution in [0.3, 0.4) is 0 Å². The SMILES string of the molecule is CC(C)(C)OC(=O)C1(c2ncccc2Cl)CC(F)(F)C1.Fc1ncccc1Cl. The number of rotatable bonds is 2. The van der Waals surface area contributed by atoms with Gasteiger partial charge in [0.1, 0.15) is 11.0 Å². The number of esters is 1. The van der Waals surface area contributed by atoms with Crippen molar-refractivity contribution in [3.8, 4) is 0 Å². The van der Waals surface area contributed by atoms with Crippen LogP contribution in [-0.4, -0.2) is 27.5 Å². The molecule has 1 saturated carbocycles. The fraction of sp³-hybridized carbons (Fsp3) is 0.421. The molecule has 9 heteroatoms. The molecule has 0 aliphatic heterocycles. The van der Waals surface area contributed by atoms with Gasteiger partial charge in [0.05, 0.1) is 15.7 Å². The number of hydrogen-bond acceptors (Lipinski definition) is 4. The van der Waals surface area contributed by atoms with Gasteiger partial charge in [0.2, 0.25) is 5.95 Å². The first-order valence-electron chi connectivity index (χ1n) is 8.35. The summed E-state index contributed by atoms with van der Waals surface area (Å²) in [6.45, 7) is 5.07. The summed E-state index contributed by atoms with van der Waals surface area (Å²) in [6.07, 6.45) is 1.54. The predicted octanol–water partition coefficient (Wildman–Crippen LogP) is 5.62. The maximum atomic E-state index is 13.4. The van der Waals surface area contributed by atoms with Gasteiger partial charge in [-0.2, -0.15) is 4.39 Å². The number of alkyl halides is 2. The Bertz CT molecular complexity index is 828. The van der Waals surface area contributed by atoms with Crippen LogP contribution >= 0.6 is 23.2 Å². The van der Waals surface area contributed by atoms with E-state index in [0.29, 0.717) is 0 Å². The van der Waals surface area contributed by atoms with Gasteiger partial charge in [-0.3, -0.25) is 9.78 Å². The van der Waals surface area contributed by atoms with Crippen LogP contribution < -0.4 is 0 Å². The lowest BCUT2D eigenvalue weighted by Crippen LogP contribution is -2.56. The smallest absolute Gasteiger partial charge is 0.319 e. The van der Waals surface area contributed by atoms with Crippen molar-refractivity contribution >= 4 is 29.2 Å². The topological polar surface area (TPSA) is 52.1 Å². The molecular formula is C19H19Cl2F3N2O2. The van der Waals surface area contributed by atoms with Crippen LogP contribution in [0.1, 0.15) is 39.3 Å². The third kappa shape index (κ3) is 5.35. The highest BCUT2D eigenvalue weighted by Crippen LogP contribution is 2.55. The highest BCUT2D eigenvalue weighted by Gasteiger charge is 2.64. The molecule has 0 saturated heterocycles. The molecule has 28 heavy (non-hydrogen) atoms. The first kappa shape index (κ1) is 22.4. The van der Waals surface area contributed by atoms with Gasteiger partial charge in [0.25, 0.3) is 5.92 Å². The normalized spacial score (nSPS) is 17.0. The summed E-state index contributed by atoms with van der Waals surface area (Å²) in [5, 5.41) is 0.265. The van der Waals surface area contributed by atoms with E-state index in [4.69, 9.17) is 27.9 Å². The Morgan fingerprint density at radius 2 is 1.61 bits per heavy atom. The largest absolute Gasteiger partial charge is 0.459 e. The van der Waals surface area contributed by atoms with E-state index in [2.05, 4.69) is 9.97 Å². The first-order chi connectivity index (χ1) is 12.9. The number of pyridine rings is 2. The minimum Gasteiger partial charge on any atom is -0.459 e. The van der Waals surface area contributed by atoms with Gasteiger partial charge in [0, 0.05) is 25.2 Å². The maximum absolute atomic E-state index is 13.4. The Morgan fingerprint density at radius 3 is 2.00 bits per heavy atom. The Balaban J connectivity index is 0.000000292. The average molecular weight is 435 g/mol. The molecule has 4 nitrogen and oxygen atoms in total. The second-order valence-corrected chi connectivity index (χ2v) is 8.22. The van der Waals surface area contributed by atoms with Crippen LogP contribution in [-0.2, 0) is 14.9 Å². The molecule has 152 valence electrons. The molecule has 3 rings (SSSR count). The van der Waals surface area contributed by atoms with Crippen molar-refractivity contribution in [3.63, 3.8) is 0 Å². The predicted molar refractivity (Wildman–Crippen MR) is 100 cm³/mol. The molecular weight excluding hydrogens is 416 g/mol. The average Bonchev–Trinajstić information content (AvgIpc) is 2.54. The lowest BCUT2D eigenvalue weighted by molar-refractivity contribution is -0.190. The Labute approximate surface area is 171 Å². The molecule has 0 aromatic carbocycles. The molecule has 1 fully saturated rings. The zero-order chi connectivity index (χ0) is 21.2. The number of carbonyl (C=O) groups excluding carboxylic acids is 1. The standard InChI is InChI=1S/C14H16ClF2NO2.C5H3ClFN/c1-12(2,3)20-11(19)13(7-14(16,17)8-13)10-9(15)5-4-6-18-10;6-4-2-1-3-8-5(4)7/h4-6H,7-8H2,1-3H3;1-3H. The monoisotopic (exact) mass is 434 g/mol. The van der Waals surface area contributed by atoms with Gasteiger partial charge in [-0.25, -0.2) is 13.8 Å². The molecule has 0 amide bonds. The number of aromatic nitrogens is 2. The van der Waals surface area contributed by atoms with Crippen molar-refractivity contribution in [2.75, 3.05) is 0 Å². The molecule has 0 spiro atoms. The van der Waals surface area contributed by atoms with Crippen molar-refractivity contribution in [3.05, 3.63) is 58.3 Å². The number of nitrogens with zero attached hydrogens (tertiary/aromatic N) is 2. The summed E-state index contributed by atoms with van der Waals surface area (Å²) in [7, 11) is 0. The molecule has 0 bridgehead atoms. The summed E-state index contributed by atoms with van der Waals surface area (Å²) in [4.78, 5) is 19.7. The molecule has 2 aromatic heterocycles. The zero-order valence-corrected chi connectivity index (χ0v) is 17.0. The molecule has 2 heterocycles. The second-order valence-electron chi connectivity index (χ2n) is 7.40. The summed E-state index contributed by atoms with van der Waals surface area (Å²) in [5.74, 6) is -4.21. The lowest BCUT2D eigenvalue weighted by atomic mass is 9.63. The minimum atomic E-state index is -2.89. The van der Waals surface area contributed by atoms with E-state index >= 15 is 0 Å². The summed E-state index contributed by atoms with van der Waals surface area (Å²) in [5.41, 5.74) is -2.03. The summed E-state index contributed by atoms with van der Waals surface area (Å²) in [6, 6.07) is 6.15.